The number of piperidine rings is 1. The van der Waals surface area contributed by atoms with Crippen LogP contribution in [0.4, 0.5) is 0 Å². The topological polar surface area (TPSA) is 44.8 Å². The molecule has 1 atom stereocenters. The lowest BCUT2D eigenvalue weighted by Crippen LogP contribution is -2.55. The molecule has 22 heavy (non-hydrogen) atoms. The first-order valence-electron chi connectivity index (χ1n) is 8.66. The molecule has 2 fully saturated rings. The Morgan fingerprint density at radius 1 is 1.23 bits per heavy atom. The normalized spacial score (nSPS) is 26.1. The second kappa shape index (κ2) is 7.75. The minimum Gasteiger partial charge on any atom is -0.378 e. The van der Waals surface area contributed by atoms with E-state index >= 15 is 0 Å². The number of carbonyl (C=O) groups excluding carboxylic acids is 1. The third-order valence-corrected chi connectivity index (χ3v) is 4.94. The van der Waals surface area contributed by atoms with E-state index in [1.54, 1.807) is 0 Å². The number of likely N-dealkylation sites (tertiary alicyclic amines) is 1. The fourth-order valence-electron chi connectivity index (χ4n) is 3.52. The van der Waals surface area contributed by atoms with Crippen LogP contribution in [0.2, 0.25) is 0 Å². The molecule has 0 aromatic heterocycles. The Bertz CT molecular complexity index is 359. The summed E-state index contributed by atoms with van der Waals surface area (Å²) in [6.45, 7) is 12.1. The lowest BCUT2D eigenvalue weighted by atomic mass is 9.97. The molecule has 0 spiro atoms. The third kappa shape index (κ3) is 5.21. The van der Waals surface area contributed by atoms with Gasteiger partial charge in [-0.25, -0.2) is 0 Å². The van der Waals surface area contributed by atoms with Gasteiger partial charge in [0, 0.05) is 31.1 Å². The predicted molar refractivity (Wildman–Crippen MR) is 88.9 cm³/mol. The summed E-state index contributed by atoms with van der Waals surface area (Å²) in [6.07, 6.45) is 2.93. The standard InChI is InChI=1S/C17H33N3O2/c1-17(2,3)20-9-10-22-13-15(20)11-16(21)18-12-14-5-7-19(4)8-6-14/h14-15H,5-13H2,1-4H3,(H,18,21). The van der Waals surface area contributed by atoms with Crippen molar-refractivity contribution in [3.63, 3.8) is 0 Å². The maximum absolute atomic E-state index is 12.3. The monoisotopic (exact) mass is 311 g/mol. The molecule has 0 saturated carbocycles. The molecule has 2 aliphatic rings. The molecular weight excluding hydrogens is 278 g/mol. The number of nitrogens with zero attached hydrogens (tertiary/aromatic N) is 2. The van der Waals surface area contributed by atoms with Gasteiger partial charge in [-0.2, -0.15) is 0 Å². The van der Waals surface area contributed by atoms with E-state index in [0.717, 1.165) is 32.8 Å². The van der Waals surface area contributed by atoms with Crippen LogP contribution in [0.1, 0.15) is 40.0 Å². The predicted octanol–water partition coefficient (Wildman–Crippen LogP) is 1.33. The van der Waals surface area contributed by atoms with Gasteiger partial charge in [-0.15, -0.1) is 0 Å². The Morgan fingerprint density at radius 2 is 1.91 bits per heavy atom. The van der Waals surface area contributed by atoms with Crippen LogP contribution in [0.5, 0.6) is 0 Å². The van der Waals surface area contributed by atoms with Crippen molar-refractivity contribution in [1.29, 1.82) is 0 Å². The van der Waals surface area contributed by atoms with E-state index in [-0.39, 0.29) is 17.5 Å². The first-order chi connectivity index (χ1) is 10.4. The van der Waals surface area contributed by atoms with E-state index in [4.69, 9.17) is 4.74 Å². The molecule has 0 aromatic rings. The van der Waals surface area contributed by atoms with Crippen molar-refractivity contribution >= 4 is 5.91 Å². The van der Waals surface area contributed by atoms with Gasteiger partial charge in [-0.3, -0.25) is 9.69 Å². The molecule has 2 saturated heterocycles. The Kier molecular flexibility index (Phi) is 6.24. The van der Waals surface area contributed by atoms with Gasteiger partial charge in [0.05, 0.1) is 13.2 Å². The van der Waals surface area contributed by atoms with Crippen LogP contribution in [0.15, 0.2) is 0 Å². The van der Waals surface area contributed by atoms with Gasteiger partial charge in [-0.05, 0) is 59.7 Å². The summed E-state index contributed by atoms with van der Waals surface area (Å²) in [5.74, 6) is 0.810. The number of ether oxygens (including phenoxy) is 1. The highest BCUT2D eigenvalue weighted by Crippen LogP contribution is 2.22. The van der Waals surface area contributed by atoms with Crippen molar-refractivity contribution in [2.45, 2.75) is 51.6 Å². The minimum atomic E-state index is 0.0860. The zero-order valence-electron chi connectivity index (χ0n) is 14.7. The smallest absolute Gasteiger partial charge is 0.221 e. The van der Waals surface area contributed by atoms with E-state index in [1.165, 1.54) is 12.8 Å². The largest absolute Gasteiger partial charge is 0.378 e. The molecule has 1 N–H and O–H groups in total. The second-order valence-corrected chi connectivity index (χ2v) is 7.85. The van der Waals surface area contributed by atoms with Crippen LogP contribution >= 0.6 is 0 Å². The lowest BCUT2D eigenvalue weighted by Gasteiger charge is -2.44. The van der Waals surface area contributed by atoms with Crippen molar-refractivity contribution < 1.29 is 9.53 Å². The third-order valence-electron chi connectivity index (χ3n) is 4.94. The Labute approximate surface area is 135 Å². The number of carbonyl (C=O) groups is 1. The van der Waals surface area contributed by atoms with E-state index in [9.17, 15) is 4.79 Å². The maximum atomic E-state index is 12.3. The molecule has 2 aliphatic heterocycles. The number of hydrogen-bond donors (Lipinski definition) is 1. The summed E-state index contributed by atoms with van der Waals surface area (Å²) in [4.78, 5) is 17.1. The zero-order valence-corrected chi connectivity index (χ0v) is 14.7. The van der Waals surface area contributed by atoms with Crippen molar-refractivity contribution in [3.8, 4) is 0 Å². The van der Waals surface area contributed by atoms with Crippen LogP contribution in [-0.4, -0.2) is 73.7 Å². The first kappa shape index (κ1) is 17.7. The molecule has 128 valence electrons. The van der Waals surface area contributed by atoms with Crippen LogP contribution in [-0.2, 0) is 9.53 Å². The molecule has 2 heterocycles. The second-order valence-electron chi connectivity index (χ2n) is 7.85. The van der Waals surface area contributed by atoms with Crippen LogP contribution < -0.4 is 5.32 Å². The van der Waals surface area contributed by atoms with E-state index < -0.39 is 0 Å². The van der Waals surface area contributed by atoms with Crippen LogP contribution in [0.3, 0.4) is 0 Å². The molecular formula is C17H33N3O2. The average molecular weight is 311 g/mol. The van der Waals surface area contributed by atoms with Crippen molar-refractivity contribution in [2.24, 2.45) is 5.92 Å². The summed E-state index contributed by atoms with van der Waals surface area (Å²) in [5, 5.41) is 3.15. The van der Waals surface area contributed by atoms with Gasteiger partial charge >= 0.3 is 0 Å². The Hall–Kier alpha value is -0.650. The minimum absolute atomic E-state index is 0.0860. The van der Waals surface area contributed by atoms with Crippen LogP contribution in [0, 0.1) is 5.92 Å². The van der Waals surface area contributed by atoms with E-state index in [0.29, 0.717) is 18.9 Å². The first-order valence-corrected chi connectivity index (χ1v) is 8.66. The summed E-state index contributed by atoms with van der Waals surface area (Å²) in [7, 11) is 2.17. The summed E-state index contributed by atoms with van der Waals surface area (Å²) in [5.41, 5.74) is 0.0860. The van der Waals surface area contributed by atoms with Gasteiger partial charge in [0.1, 0.15) is 0 Å². The fourth-order valence-corrected chi connectivity index (χ4v) is 3.52. The van der Waals surface area contributed by atoms with Crippen molar-refractivity contribution in [1.82, 2.24) is 15.1 Å². The zero-order chi connectivity index (χ0) is 16.2. The molecule has 0 aliphatic carbocycles. The lowest BCUT2D eigenvalue weighted by molar-refractivity contribution is -0.126. The Morgan fingerprint density at radius 3 is 2.55 bits per heavy atom. The maximum Gasteiger partial charge on any atom is 0.221 e. The number of morpholine rings is 1. The fraction of sp³-hybridized carbons (Fsp3) is 0.941. The molecule has 1 unspecified atom stereocenters. The molecule has 0 aromatic carbocycles. The van der Waals surface area contributed by atoms with Gasteiger partial charge in [0.25, 0.3) is 0 Å². The number of nitrogens with one attached hydrogen (secondary N) is 1. The van der Waals surface area contributed by atoms with Gasteiger partial charge in [0.15, 0.2) is 0 Å². The molecule has 1 amide bonds. The van der Waals surface area contributed by atoms with Gasteiger partial charge in [-0.1, -0.05) is 0 Å². The number of hydrogen-bond acceptors (Lipinski definition) is 4. The summed E-state index contributed by atoms with van der Waals surface area (Å²) >= 11 is 0. The van der Waals surface area contributed by atoms with Crippen LogP contribution in [0.25, 0.3) is 0 Å². The highest BCUT2D eigenvalue weighted by Gasteiger charge is 2.32. The number of rotatable bonds is 4. The molecule has 2 rings (SSSR count). The molecule has 0 bridgehead atoms. The average Bonchev–Trinajstić information content (AvgIpc) is 2.46. The van der Waals surface area contributed by atoms with E-state index in [1.807, 2.05) is 0 Å². The highest BCUT2D eigenvalue weighted by molar-refractivity contribution is 5.76. The summed E-state index contributed by atoms with van der Waals surface area (Å²) < 4.78 is 5.59. The quantitative estimate of drug-likeness (QED) is 0.851. The highest BCUT2D eigenvalue weighted by atomic mass is 16.5. The number of amides is 1. The van der Waals surface area contributed by atoms with E-state index in [2.05, 4.69) is 42.9 Å². The van der Waals surface area contributed by atoms with Crippen molar-refractivity contribution in [2.75, 3.05) is 46.4 Å². The summed E-state index contributed by atoms with van der Waals surface area (Å²) in [6, 6.07) is 0.200. The SMILES string of the molecule is CN1CCC(CNC(=O)CC2COCCN2C(C)(C)C)CC1. The van der Waals surface area contributed by atoms with Crippen molar-refractivity contribution in [3.05, 3.63) is 0 Å². The van der Waals surface area contributed by atoms with Gasteiger partial charge < -0.3 is 15.0 Å². The van der Waals surface area contributed by atoms with Gasteiger partial charge in [0.2, 0.25) is 5.91 Å². The molecule has 0 radical (unpaired) electrons. The molecule has 5 heteroatoms. The Balaban J connectivity index is 1.75. The molecule has 5 nitrogen and oxygen atoms in total.